The summed E-state index contributed by atoms with van der Waals surface area (Å²) >= 11 is 0. The van der Waals surface area contributed by atoms with Crippen molar-refractivity contribution in [1.82, 2.24) is 0 Å². The number of benzene rings is 2. The smallest absolute Gasteiger partial charge is 0.325 e. The molecule has 8 nitrogen and oxygen atoms in total. The maximum absolute atomic E-state index is 11.6. The zero-order valence-corrected chi connectivity index (χ0v) is 15.9. The van der Waals surface area contributed by atoms with E-state index in [9.17, 15) is 19.2 Å². The molecular weight excluding hydrogens is 380 g/mol. The van der Waals surface area contributed by atoms with Crippen molar-refractivity contribution in [3.63, 3.8) is 0 Å². The molecule has 0 saturated carbocycles. The Labute approximate surface area is 167 Å². The summed E-state index contributed by atoms with van der Waals surface area (Å²) in [4.78, 5) is 43.7. The second-order valence-electron chi connectivity index (χ2n) is 6.19. The van der Waals surface area contributed by atoms with Gasteiger partial charge in [0.15, 0.2) is 11.8 Å². The third-order valence-corrected chi connectivity index (χ3v) is 3.59. The van der Waals surface area contributed by atoms with Crippen molar-refractivity contribution in [2.75, 3.05) is 0 Å². The Morgan fingerprint density at radius 3 is 1.31 bits per heavy atom. The second-order valence-corrected chi connectivity index (χ2v) is 6.19. The van der Waals surface area contributed by atoms with Crippen molar-refractivity contribution in [2.24, 2.45) is 0 Å². The van der Waals surface area contributed by atoms with Gasteiger partial charge < -0.3 is 20.1 Å². The van der Waals surface area contributed by atoms with Crippen LogP contribution in [0, 0.1) is 0 Å². The van der Waals surface area contributed by atoms with Gasteiger partial charge in [-0.2, -0.15) is 0 Å². The molecular formula is C21H22O8. The van der Waals surface area contributed by atoms with E-state index in [4.69, 9.17) is 20.1 Å². The van der Waals surface area contributed by atoms with E-state index in [1.807, 2.05) is 0 Å². The zero-order chi connectivity index (χ0) is 22.0. The normalized spacial score (nSPS) is 11.2. The second kappa shape index (κ2) is 11.2. The van der Waals surface area contributed by atoms with Crippen molar-refractivity contribution < 1.29 is 39.2 Å². The van der Waals surface area contributed by atoms with Crippen LogP contribution in [0.4, 0.5) is 0 Å². The molecule has 1 atom stereocenters. The lowest BCUT2D eigenvalue weighted by Gasteiger charge is -2.14. The molecule has 0 aliphatic carbocycles. The summed E-state index contributed by atoms with van der Waals surface area (Å²) in [7, 11) is 0. The quantitative estimate of drug-likeness (QED) is 0.475. The molecule has 29 heavy (non-hydrogen) atoms. The fraction of sp³-hybridized carbons (Fsp3) is 0.238. The predicted octanol–water partition coefficient (Wildman–Crippen LogP) is 2.75. The monoisotopic (exact) mass is 402 g/mol. The highest BCUT2D eigenvalue weighted by molar-refractivity contribution is 6.00. The van der Waals surface area contributed by atoms with Crippen LogP contribution in [-0.2, 0) is 23.9 Å². The summed E-state index contributed by atoms with van der Waals surface area (Å²) < 4.78 is 4.91. The van der Waals surface area contributed by atoms with E-state index in [0.717, 1.165) is 0 Å². The first-order valence-electron chi connectivity index (χ1n) is 8.64. The number of carboxylic acids is 3. The van der Waals surface area contributed by atoms with E-state index in [1.165, 1.54) is 12.1 Å². The van der Waals surface area contributed by atoms with Crippen LogP contribution < -0.4 is 0 Å². The van der Waals surface area contributed by atoms with Crippen LogP contribution >= 0.6 is 0 Å². The van der Waals surface area contributed by atoms with Crippen molar-refractivity contribution in [2.45, 2.75) is 31.8 Å². The predicted molar refractivity (Wildman–Crippen MR) is 103 cm³/mol. The van der Waals surface area contributed by atoms with Crippen LogP contribution in [-0.4, -0.2) is 45.3 Å². The third-order valence-electron chi connectivity index (χ3n) is 3.59. The first kappa shape index (κ1) is 23.4. The number of carbonyl (C=O) groups excluding carboxylic acids is 1. The molecule has 2 aromatic rings. The molecule has 2 rings (SSSR count). The molecule has 0 fully saturated rings. The summed E-state index contributed by atoms with van der Waals surface area (Å²) in [6.45, 7) is 3.36. The highest BCUT2D eigenvalue weighted by Gasteiger charge is 2.30. The summed E-state index contributed by atoms with van der Waals surface area (Å²) in [5.41, 5.74) is 0.711. The average molecular weight is 402 g/mol. The third kappa shape index (κ3) is 7.45. The molecule has 154 valence electrons. The van der Waals surface area contributed by atoms with Crippen molar-refractivity contribution in [3.05, 3.63) is 71.8 Å². The highest BCUT2D eigenvalue weighted by Crippen LogP contribution is 2.18. The number of esters is 1. The van der Waals surface area contributed by atoms with Crippen LogP contribution in [0.25, 0.3) is 0 Å². The number of carbonyl (C=O) groups is 4. The van der Waals surface area contributed by atoms with E-state index in [1.54, 1.807) is 62.4 Å². The van der Waals surface area contributed by atoms with Crippen molar-refractivity contribution in [3.8, 4) is 0 Å². The Kier molecular flexibility index (Phi) is 9.04. The molecule has 0 spiro atoms. The Morgan fingerprint density at radius 1 is 0.655 bits per heavy atom. The van der Waals surface area contributed by atoms with E-state index >= 15 is 0 Å². The topological polar surface area (TPSA) is 138 Å². The minimum Gasteiger partial charge on any atom is -0.480 e. The number of ether oxygens (including phenoxy) is 1. The largest absolute Gasteiger partial charge is 0.480 e. The first-order valence-corrected chi connectivity index (χ1v) is 8.64. The standard InChI is InChI=1S/C12H14O4.C9H8O4/c1-8(2)16-12(15)10(11(13)14)9-6-4-3-5-7-9;10-8(11)7(9(12)13)6-4-2-1-3-5-6/h3-8,10H,1-2H3,(H,13,14);1-5,7H,(H,10,11)(H,12,13). The van der Waals surface area contributed by atoms with Gasteiger partial charge in [0, 0.05) is 0 Å². The molecule has 0 saturated heterocycles. The maximum atomic E-state index is 11.6. The molecule has 8 heteroatoms. The lowest BCUT2D eigenvalue weighted by atomic mass is 10.00. The van der Waals surface area contributed by atoms with Gasteiger partial charge in [-0.15, -0.1) is 0 Å². The molecule has 0 aliphatic rings. The van der Waals surface area contributed by atoms with Gasteiger partial charge in [0.1, 0.15) is 0 Å². The molecule has 0 bridgehead atoms. The van der Waals surface area contributed by atoms with Gasteiger partial charge in [-0.05, 0) is 25.0 Å². The number of hydrogen-bond acceptors (Lipinski definition) is 5. The van der Waals surface area contributed by atoms with Gasteiger partial charge in [0.25, 0.3) is 0 Å². The Morgan fingerprint density at radius 2 is 1.00 bits per heavy atom. The Hall–Kier alpha value is -3.68. The molecule has 0 heterocycles. The van der Waals surface area contributed by atoms with Crippen LogP contribution in [0.1, 0.15) is 36.8 Å². The lowest BCUT2D eigenvalue weighted by molar-refractivity contribution is -0.157. The summed E-state index contributed by atoms with van der Waals surface area (Å²) in [5, 5.41) is 26.2. The van der Waals surface area contributed by atoms with E-state index in [0.29, 0.717) is 5.56 Å². The summed E-state index contributed by atoms with van der Waals surface area (Å²) in [5.74, 6) is -7.34. The summed E-state index contributed by atoms with van der Waals surface area (Å²) in [6, 6.07) is 16.2. The highest BCUT2D eigenvalue weighted by atomic mass is 16.5. The van der Waals surface area contributed by atoms with Crippen LogP contribution in [0.15, 0.2) is 60.7 Å². The maximum Gasteiger partial charge on any atom is 0.325 e. The lowest BCUT2D eigenvalue weighted by Crippen LogP contribution is -2.26. The zero-order valence-electron chi connectivity index (χ0n) is 15.9. The van der Waals surface area contributed by atoms with Crippen molar-refractivity contribution >= 4 is 23.9 Å². The van der Waals surface area contributed by atoms with Crippen LogP contribution in [0.3, 0.4) is 0 Å². The summed E-state index contributed by atoms with van der Waals surface area (Å²) in [6.07, 6.45) is -0.321. The number of rotatable bonds is 7. The van der Waals surface area contributed by atoms with Crippen molar-refractivity contribution in [1.29, 1.82) is 0 Å². The minimum atomic E-state index is -1.47. The molecule has 0 radical (unpaired) electrons. The van der Waals surface area contributed by atoms with Gasteiger partial charge in [-0.25, -0.2) is 0 Å². The molecule has 2 aromatic carbocycles. The van der Waals surface area contributed by atoms with Gasteiger partial charge in [-0.1, -0.05) is 60.7 Å². The fourth-order valence-corrected chi connectivity index (χ4v) is 2.36. The molecule has 3 N–H and O–H groups in total. The van der Waals surface area contributed by atoms with E-state index in [-0.39, 0.29) is 11.7 Å². The van der Waals surface area contributed by atoms with Gasteiger partial charge >= 0.3 is 23.9 Å². The molecule has 1 unspecified atom stereocenters. The minimum absolute atomic E-state index is 0.280. The van der Waals surface area contributed by atoms with E-state index in [2.05, 4.69) is 0 Å². The van der Waals surface area contributed by atoms with Crippen LogP contribution in [0.2, 0.25) is 0 Å². The molecule has 0 amide bonds. The Balaban J connectivity index is 0.000000296. The molecule has 0 aromatic heterocycles. The number of hydrogen-bond donors (Lipinski definition) is 3. The van der Waals surface area contributed by atoms with Crippen LogP contribution in [0.5, 0.6) is 0 Å². The number of aliphatic carboxylic acids is 3. The first-order chi connectivity index (χ1) is 13.6. The average Bonchev–Trinajstić information content (AvgIpc) is 2.62. The van der Waals surface area contributed by atoms with Gasteiger partial charge in [0.05, 0.1) is 6.10 Å². The van der Waals surface area contributed by atoms with E-state index < -0.39 is 35.7 Å². The number of carboxylic acid groups (broad SMARTS) is 3. The Bertz CT molecular complexity index is 816. The molecule has 0 aliphatic heterocycles. The van der Waals surface area contributed by atoms with Gasteiger partial charge in [0.2, 0.25) is 0 Å². The SMILES string of the molecule is CC(C)OC(=O)C(C(=O)O)c1ccccc1.O=C(O)C(C(=O)O)c1ccccc1. The fourth-order valence-electron chi connectivity index (χ4n) is 2.36. The van der Waals surface area contributed by atoms with Gasteiger partial charge in [-0.3, -0.25) is 19.2 Å².